The molecule has 0 spiro atoms. The van der Waals surface area contributed by atoms with Crippen molar-refractivity contribution in [3.05, 3.63) is 50.4 Å². The molecule has 5 heteroatoms. The number of rotatable bonds is 2. The zero-order valence-electron chi connectivity index (χ0n) is 9.51. The second-order valence-electron chi connectivity index (χ2n) is 3.77. The smallest absolute Gasteiger partial charge is 0.154 e. The van der Waals surface area contributed by atoms with Gasteiger partial charge in [-0.1, -0.05) is 39.1 Å². The lowest BCUT2D eigenvalue weighted by Crippen LogP contribution is -1.95. The fraction of sp³-hybridized carbons (Fsp3) is 0.0769. The Morgan fingerprint density at radius 1 is 1.11 bits per heavy atom. The van der Waals surface area contributed by atoms with Crippen LogP contribution in [0.3, 0.4) is 0 Å². The molecule has 94 valence electrons. The topological polar surface area (TPSA) is 35.2 Å². The molecule has 0 fully saturated rings. The Hall–Kier alpha value is -0.900. The first-order valence-corrected chi connectivity index (χ1v) is 6.71. The number of nitrogens with two attached hydrogens (primary N) is 1. The van der Waals surface area contributed by atoms with Crippen molar-refractivity contribution in [1.29, 1.82) is 0 Å². The van der Waals surface area contributed by atoms with Crippen molar-refractivity contribution in [2.45, 2.75) is 6.92 Å². The van der Waals surface area contributed by atoms with E-state index in [1.807, 2.05) is 13.0 Å². The van der Waals surface area contributed by atoms with E-state index in [-0.39, 0.29) is 0 Å². The highest BCUT2D eigenvalue weighted by Crippen LogP contribution is 2.38. The minimum absolute atomic E-state index is 0.503. The second-order valence-corrected chi connectivity index (χ2v) is 5.50. The Morgan fingerprint density at radius 3 is 2.50 bits per heavy atom. The van der Waals surface area contributed by atoms with Crippen LogP contribution >= 0.6 is 39.1 Å². The van der Waals surface area contributed by atoms with Gasteiger partial charge in [-0.05, 0) is 37.3 Å². The summed E-state index contributed by atoms with van der Waals surface area (Å²) in [5.41, 5.74) is 7.19. The highest BCUT2D eigenvalue weighted by Gasteiger charge is 2.11. The van der Waals surface area contributed by atoms with Gasteiger partial charge >= 0.3 is 0 Å². The zero-order chi connectivity index (χ0) is 13.3. The zero-order valence-corrected chi connectivity index (χ0v) is 12.6. The minimum Gasteiger partial charge on any atom is -0.453 e. The quantitative estimate of drug-likeness (QED) is 0.735. The van der Waals surface area contributed by atoms with Gasteiger partial charge in [0.1, 0.15) is 5.75 Å². The van der Waals surface area contributed by atoms with Crippen LogP contribution in [0.4, 0.5) is 5.69 Å². The van der Waals surface area contributed by atoms with Crippen molar-refractivity contribution in [2.24, 2.45) is 0 Å². The lowest BCUT2D eigenvalue weighted by atomic mass is 10.2. The van der Waals surface area contributed by atoms with Crippen LogP contribution in [0.1, 0.15) is 5.56 Å². The lowest BCUT2D eigenvalue weighted by molar-refractivity contribution is 0.481. The summed E-state index contributed by atoms with van der Waals surface area (Å²) in [6, 6.07) is 8.82. The molecular weight excluding hydrogens is 337 g/mol. The summed E-state index contributed by atoms with van der Waals surface area (Å²) >= 11 is 15.5. The molecule has 0 aliphatic rings. The van der Waals surface area contributed by atoms with E-state index in [1.54, 1.807) is 24.3 Å². The number of benzene rings is 2. The second kappa shape index (κ2) is 5.39. The monoisotopic (exact) mass is 345 g/mol. The van der Waals surface area contributed by atoms with Gasteiger partial charge in [0.15, 0.2) is 5.75 Å². The molecule has 0 aliphatic carbocycles. The molecule has 0 saturated carbocycles. The van der Waals surface area contributed by atoms with Gasteiger partial charge in [-0.2, -0.15) is 0 Å². The Bertz CT molecular complexity index is 602. The highest BCUT2D eigenvalue weighted by molar-refractivity contribution is 9.10. The fourth-order valence-corrected chi connectivity index (χ4v) is 2.35. The Labute approximate surface area is 124 Å². The van der Waals surface area contributed by atoms with Crippen LogP contribution in [0, 0.1) is 6.92 Å². The summed E-state index contributed by atoms with van der Waals surface area (Å²) in [5, 5.41) is 1.11. The van der Waals surface area contributed by atoms with Crippen LogP contribution in [-0.4, -0.2) is 0 Å². The first-order chi connectivity index (χ1) is 8.49. The van der Waals surface area contributed by atoms with E-state index in [1.165, 1.54) is 0 Å². The first kappa shape index (κ1) is 13.5. The largest absolute Gasteiger partial charge is 0.453 e. The number of halogens is 3. The molecular formula is C13H10BrCl2NO. The molecule has 0 aliphatic heterocycles. The molecule has 0 atom stereocenters. The summed E-state index contributed by atoms with van der Waals surface area (Å²) in [6.45, 7) is 1.85. The maximum Gasteiger partial charge on any atom is 0.154 e. The van der Waals surface area contributed by atoms with Crippen LogP contribution in [-0.2, 0) is 0 Å². The van der Waals surface area contributed by atoms with E-state index < -0.39 is 0 Å². The number of anilines is 1. The van der Waals surface area contributed by atoms with Gasteiger partial charge in [0.2, 0.25) is 0 Å². The summed E-state index contributed by atoms with van der Waals surface area (Å²) in [7, 11) is 0. The van der Waals surface area contributed by atoms with E-state index >= 15 is 0 Å². The molecule has 18 heavy (non-hydrogen) atoms. The third-order valence-electron chi connectivity index (χ3n) is 2.48. The predicted octanol–water partition coefficient (Wildman–Crippen LogP) is 5.44. The molecule has 0 aromatic heterocycles. The average molecular weight is 347 g/mol. The van der Waals surface area contributed by atoms with E-state index in [4.69, 9.17) is 33.7 Å². The highest BCUT2D eigenvalue weighted by atomic mass is 79.9. The molecule has 2 N–H and O–H groups in total. The standard InChI is InChI=1S/C13H10BrCl2NO/c1-7-9(15)3-4-11(17)13(7)18-12-5-2-8(14)6-10(12)16/h2-6H,17H2,1H3. The van der Waals surface area contributed by atoms with Crippen LogP contribution in [0.15, 0.2) is 34.8 Å². The van der Waals surface area contributed by atoms with Crippen molar-refractivity contribution in [1.82, 2.24) is 0 Å². The van der Waals surface area contributed by atoms with Crippen molar-refractivity contribution in [3.63, 3.8) is 0 Å². The molecule has 0 unspecified atom stereocenters. The van der Waals surface area contributed by atoms with Crippen LogP contribution in [0.5, 0.6) is 11.5 Å². The van der Waals surface area contributed by atoms with Crippen LogP contribution < -0.4 is 10.5 Å². The van der Waals surface area contributed by atoms with Crippen molar-refractivity contribution in [2.75, 3.05) is 5.73 Å². The molecule has 2 aromatic carbocycles. The van der Waals surface area contributed by atoms with Gasteiger partial charge in [-0.3, -0.25) is 0 Å². The Balaban J connectivity index is 2.43. The van der Waals surface area contributed by atoms with Crippen molar-refractivity contribution < 1.29 is 4.74 Å². The Kier molecular flexibility index (Phi) is 4.05. The van der Waals surface area contributed by atoms with E-state index in [9.17, 15) is 0 Å². The first-order valence-electron chi connectivity index (χ1n) is 5.16. The van der Waals surface area contributed by atoms with Crippen LogP contribution in [0.2, 0.25) is 10.0 Å². The van der Waals surface area contributed by atoms with Gasteiger partial charge in [0, 0.05) is 15.1 Å². The van der Waals surface area contributed by atoms with Crippen molar-refractivity contribution >= 4 is 44.8 Å². The molecule has 2 nitrogen and oxygen atoms in total. The lowest BCUT2D eigenvalue weighted by Gasteiger charge is -2.13. The number of hydrogen-bond donors (Lipinski definition) is 1. The predicted molar refractivity (Wildman–Crippen MR) is 79.8 cm³/mol. The minimum atomic E-state index is 0.503. The van der Waals surface area contributed by atoms with Gasteiger partial charge in [0.25, 0.3) is 0 Å². The van der Waals surface area contributed by atoms with Crippen LogP contribution in [0.25, 0.3) is 0 Å². The number of nitrogen functional groups attached to an aromatic ring is 1. The summed E-state index contributed by atoms with van der Waals surface area (Å²) in [4.78, 5) is 0. The molecule has 0 radical (unpaired) electrons. The van der Waals surface area contributed by atoms with Gasteiger partial charge in [-0.25, -0.2) is 0 Å². The molecule has 0 bridgehead atoms. The molecule has 2 rings (SSSR count). The molecule has 0 amide bonds. The number of hydrogen-bond acceptors (Lipinski definition) is 2. The maximum absolute atomic E-state index is 6.10. The summed E-state index contributed by atoms with van der Waals surface area (Å²) < 4.78 is 6.63. The molecule has 2 aromatic rings. The van der Waals surface area contributed by atoms with Crippen molar-refractivity contribution in [3.8, 4) is 11.5 Å². The maximum atomic E-state index is 6.10. The summed E-state index contributed by atoms with van der Waals surface area (Å²) in [6.07, 6.45) is 0. The summed E-state index contributed by atoms with van der Waals surface area (Å²) in [5.74, 6) is 1.07. The van der Waals surface area contributed by atoms with Gasteiger partial charge in [-0.15, -0.1) is 0 Å². The number of ether oxygens (including phenoxy) is 1. The van der Waals surface area contributed by atoms with E-state index in [0.717, 1.165) is 10.0 Å². The Morgan fingerprint density at radius 2 is 1.83 bits per heavy atom. The van der Waals surface area contributed by atoms with Gasteiger partial charge < -0.3 is 10.5 Å². The molecule has 0 saturated heterocycles. The van der Waals surface area contributed by atoms with E-state index in [0.29, 0.717) is 27.2 Å². The van der Waals surface area contributed by atoms with E-state index in [2.05, 4.69) is 15.9 Å². The molecule has 0 heterocycles. The third kappa shape index (κ3) is 2.74. The SMILES string of the molecule is Cc1c(Cl)ccc(N)c1Oc1ccc(Br)cc1Cl. The third-order valence-corrected chi connectivity index (χ3v) is 3.67. The normalized spacial score (nSPS) is 10.4. The fourth-order valence-electron chi connectivity index (χ4n) is 1.49. The van der Waals surface area contributed by atoms with Gasteiger partial charge in [0.05, 0.1) is 10.7 Å². The average Bonchev–Trinajstić information content (AvgIpc) is 2.32.